The number of para-hydroxylation sites is 1. The molecule has 0 saturated heterocycles. The lowest BCUT2D eigenvalue weighted by Crippen LogP contribution is -2.83. The quantitative estimate of drug-likeness (QED) is 0.791. The molecule has 2 aromatic carbocycles. The highest BCUT2D eigenvalue weighted by molar-refractivity contribution is 5.46. The molecule has 0 radical (unpaired) electrons. The number of hydrogen-bond donors (Lipinski definition) is 1. The molecule has 0 fully saturated rings. The van der Waals surface area contributed by atoms with E-state index in [0.717, 1.165) is 48.1 Å². The van der Waals surface area contributed by atoms with Crippen molar-refractivity contribution in [2.24, 2.45) is 0 Å². The second kappa shape index (κ2) is 7.24. The maximum atomic E-state index is 5.46. The molecule has 0 aliphatic carbocycles. The number of methoxy groups -OCH3 is 2. The van der Waals surface area contributed by atoms with Gasteiger partial charge < -0.3 is 24.3 Å². The lowest BCUT2D eigenvalue weighted by molar-refractivity contribution is -0.670. The summed E-state index contributed by atoms with van der Waals surface area (Å²) in [4.78, 5) is 0. The molecule has 1 heterocycles. The van der Waals surface area contributed by atoms with E-state index in [9.17, 15) is 0 Å². The van der Waals surface area contributed by atoms with Crippen LogP contribution in [0.25, 0.3) is 0 Å². The molecule has 0 saturated carbocycles. The zero-order valence-electron chi connectivity index (χ0n) is 13.5. The van der Waals surface area contributed by atoms with Gasteiger partial charge in [-0.3, -0.25) is 0 Å². The van der Waals surface area contributed by atoms with Crippen LogP contribution in [0.2, 0.25) is 0 Å². The third kappa shape index (κ3) is 3.51. The minimum atomic E-state index is 0.320. The summed E-state index contributed by atoms with van der Waals surface area (Å²) in [5, 5.41) is 2.27. The van der Waals surface area contributed by atoms with Crippen molar-refractivity contribution in [3.8, 4) is 23.0 Å². The number of rotatable bonds is 7. The fourth-order valence-corrected chi connectivity index (χ4v) is 2.74. The summed E-state index contributed by atoms with van der Waals surface area (Å²) in [7, 11) is 3.33. The highest BCUT2D eigenvalue weighted by Crippen LogP contribution is 2.32. The first-order valence-electron chi connectivity index (χ1n) is 7.72. The van der Waals surface area contributed by atoms with Crippen molar-refractivity contribution in [2.45, 2.75) is 13.0 Å². The van der Waals surface area contributed by atoms with Crippen LogP contribution < -0.4 is 24.3 Å². The van der Waals surface area contributed by atoms with E-state index >= 15 is 0 Å². The van der Waals surface area contributed by atoms with Crippen LogP contribution in [0.3, 0.4) is 0 Å². The third-order valence-corrected chi connectivity index (χ3v) is 3.92. The van der Waals surface area contributed by atoms with Crippen molar-refractivity contribution in [2.75, 3.05) is 27.6 Å². The monoisotopic (exact) mass is 316 g/mol. The number of nitrogens with two attached hydrogens (primary N) is 1. The molecule has 0 aromatic heterocycles. The molecule has 5 nitrogen and oxygen atoms in total. The summed E-state index contributed by atoms with van der Waals surface area (Å²) < 4.78 is 21.5. The molecule has 2 aromatic rings. The average Bonchev–Trinajstić information content (AvgIpc) is 3.06. The van der Waals surface area contributed by atoms with Gasteiger partial charge in [0.1, 0.15) is 6.54 Å². The van der Waals surface area contributed by atoms with Gasteiger partial charge in [-0.15, -0.1) is 0 Å². The number of fused-ring (bicyclic) bond motifs is 1. The highest BCUT2D eigenvalue weighted by atomic mass is 16.7. The van der Waals surface area contributed by atoms with Crippen molar-refractivity contribution in [3.63, 3.8) is 0 Å². The van der Waals surface area contributed by atoms with Crippen LogP contribution in [0.1, 0.15) is 11.1 Å². The maximum Gasteiger partial charge on any atom is 0.231 e. The van der Waals surface area contributed by atoms with Crippen LogP contribution in [0.4, 0.5) is 0 Å². The lowest BCUT2D eigenvalue weighted by atomic mass is 10.1. The van der Waals surface area contributed by atoms with Crippen molar-refractivity contribution in [1.29, 1.82) is 0 Å². The van der Waals surface area contributed by atoms with Crippen molar-refractivity contribution < 1.29 is 24.3 Å². The molecule has 0 atom stereocenters. The van der Waals surface area contributed by atoms with Gasteiger partial charge in [-0.2, -0.15) is 0 Å². The molecule has 1 aliphatic heterocycles. The van der Waals surface area contributed by atoms with E-state index in [0.29, 0.717) is 6.79 Å². The Bertz CT molecular complexity index is 672. The second-order valence-electron chi connectivity index (χ2n) is 5.37. The molecule has 1 aliphatic rings. The van der Waals surface area contributed by atoms with E-state index in [2.05, 4.69) is 23.5 Å². The molecule has 0 spiro atoms. The van der Waals surface area contributed by atoms with Crippen molar-refractivity contribution in [1.82, 2.24) is 0 Å². The Balaban J connectivity index is 1.54. The zero-order valence-corrected chi connectivity index (χ0v) is 13.5. The van der Waals surface area contributed by atoms with Gasteiger partial charge in [0, 0.05) is 6.42 Å². The topological polar surface area (TPSA) is 53.5 Å². The van der Waals surface area contributed by atoms with Gasteiger partial charge in [-0.1, -0.05) is 12.1 Å². The molecule has 0 amide bonds. The fourth-order valence-electron chi connectivity index (χ4n) is 2.74. The Kier molecular flexibility index (Phi) is 4.88. The molecule has 0 unspecified atom stereocenters. The molecule has 3 rings (SSSR count). The minimum Gasteiger partial charge on any atom is -0.493 e. The summed E-state index contributed by atoms with van der Waals surface area (Å²) in [5.74, 6) is 3.26. The zero-order chi connectivity index (χ0) is 16.1. The summed E-state index contributed by atoms with van der Waals surface area (Å²) in [6.07, 6.45) is 0.975. The third-order valence-electron chi connectivity index (χ3n) is 3.92. The van der Waals surface area contributed by atoms with E-state index in [4.69, 9.17) is 18.9 Å². The van der Waals surface area contributed by atoms with Crippen LogP contribution in [0, 0.1) is 0 Å². The first kappa shape index (κ1) is 15.5. The number of hydrogen-bond acceptors (Lipinski definition) is 4. The normalized spacial score (nSPS) is 12.3. The smallest absolute Gasteiger partial charge is 0.231 e. The van der Waals surface area contributed by atoms with Crippen molar-refractivity contribution in [3.05, 3.63) is 47.5 Å². The van der Waals surface area contributed by atoms with Gasteiger partial charge in [0.15, 0.2) is 23.0 Å². The highest BCUT2D eigenvalue weighted by Gasteiger charge is 2.14. The summed E-state index contributed by atoms with van der Waals surface area (Å²) >= 11 is 0. The van der Waals surface area contributed by atoms with Crippen LogP contribution in [-0.2, 0) is 13.0 Å². The average molecular weight is 316 g/mol. The Labute approximate surface area is 136 Å². The van der Waals surface area contributed by atoms with Crippen LogP contribution in [0.5, 0.6) is 23.0 Å². The SMILES string of the molecule is COc1cccc(C[NH2+]CCc2ccc3c(c2)OCO3)c1OC. The van der Waals surface area contributed by atoms with Crippen LogP contribution in [0.15, 0.2) is 36.4 Å². The van der Waals surface area contributed by atoms with Gasteiger partial charge >= 0.3 is 0 Å². The Morgan fingerprint density at radius 1 is 1.04 bits per heavy atom. The molecule has 0 bridgehead atoms. The molecule has 122 valence electrons. The van der Waals surface area contributed by atoms with E-state index in [1.165, 1.54) is 5.56 Å². The number of quaternary nitrogens is 1. The summed E-state index contributed by atoms with van der Waals surface area (Å²) in [6, 6.07) is 12.1. The number of benzene rings is 2. The molecule has 2 N–H and O–H groups in total. The lowest BCUT2D eigenvalue weighted by Gasteiger charge is -2.11. The van der Waals surface area contributed by atoms with Crippen molar-refractivity contribution >= 4 is 0 Å². The standard InChI is InChI=1S/C18H21NO4/c1-20-16-5-3-4-14(18(16)21-2)11-19-9-8-13-6-7-15-17(10-13)23-12-22-15/h3-7,10,19H,8-9,11-12H2,1-2H3/p+1. The Morgan fingerprint density at radius 3 is 2.74 bits per heavy atom. The Hall–Kier alpha value is -2.40. The van der Waals surface area contributed by atoms with Gasteiger partial charge in [-0.25, -0.2) is 0 Å². The van der Waals surface area contributed by atoms with Gasteiger partial charge in [0.2, 0.25) is 6.79 Å². The van der Waals surface area contributed by atoms with Gasteiger partial charge in [0.05, 0.1) is 26.3 Å². The maximum absolute atomic E-state index is 5.46. The van der Waals surface area contributed by atoms with Gasteiger partial charge in [-0.05, 0) is 29.8 Å². The summed E-state index contributed by atoms with van der Waals surface area (Å²) in [5.41, 5.74) is 2.39. The summed E-state index contributed by atoms with van der Waals surface area (Å²) in [6.45, 7) is 2.16. The largest absolute Gasteiger partial charge is 0.493 e. The first-order chi connectivity index (χ1) is 11.3. The van der Waals surface area contributed by atoms with E-state index in [-0.39, 0.29) is 0 Å². The molecular formula is C18H22NO4+. The number of ether oxygens (including phenoxy) is 4. The Morgan fingerprint density at radius 2 is 1.91 bits per heavy atom. The molecule has 23 heavy (non-hydrogen) atoms. The second-order valence-corrected chi connectivity index (χ2v) is 5.37. The van der Waals surface area contributed by atoms with Gasteiger partial charge in [0.25, 0.3) is 0 Å². The van der Waals surface area contributed by atoms with E-state index in [1.807, 2.05) is 18.2 Å². The van der Waals surface area contributed by atoms with E-state index < -0.39 is 0 Å². The van der Waals surface area contributed by atoms with Crippen LogP contribution in [-0.4, -0.2) is 27.6 Å². The first-order valence-corrected chi connectivity index (χ1v) is 7.72. The molecule has 5 heteroatoms. The van der Waals surface area contributed by atoms with Crippen LogP contribution >= 0.6 is 0 Å². The predicted octanol–water partition coefficient (Wildman–Crippen LogP) is 1.74. The van der Waals surface area contributed by atoms with E-state index in [1.54, 1.807) is 14.2 Å². The predicted molar refractivity (Wildman–Crippen MR) is 86.3 cm³/mol. The fraction of sp³-hybridized carbons (Fsp3) is 0.333. The molecular weight excluding hydrogens is 294 g/mol. The minimum absolute atomic E-state index is 0.320.